The molecule has 0 aromatic heterocycles. The summed E-state index contributed by atoms with van der Waals surface area (Å²) in [4.78, 5) is 0. The van der Waals surface area contributed by atoms with Crippen LogP contribution < -0.4 is 5.14 Å². The molecule has 2 aromatic carbocycles. The predicted octanol–water partition coefficient (Wildman–Crippen LogP) is 2.36. The second-order valence-corrected chi connectivity index (χ2v) is 5.27. The molecule has 0 atom stereocenters. The van der Waals surface area contributed by atoms with Crippen molar-refractivity contribution in [3.63, 3.8) is 0 Å². The Labute approximate surface area is 107 Å². The Morgan fingerprint density at radius 3 is 1.56 bits per heavy atom. The average molecular weight is 259 g/mol. The van der Waals surface area contributed by atoms with Crippen LogP contribution in [0.4, 0.5) is 0 Å². The standard InChI is InChI=1S/C14H13NO2S/c15-18(16,17)11-14(12-7-3-1-4-8-12)13-9-5-2-6-10-13/h1-11H,(H2,15,16,17). The lowest BCUT2D eigenvalue weighted by Crippen LogP contribution is -2.08. The van der Waals surface area contributed by atoms with Gasteiger partial charge in [-0.2, -0.15) is 0 Å². The van der Waals surface area contributed by atoms with Crippen LogP contribution in [0.3, 0.4) is 0 Å². The van der Waals surface area contributed by atoms with E-state index in [2.05, 4.69) is 0 Å². The van der Waals surface area contributed by atoms with Gasteiger partial charge >= 0.3 is 0 Å². The van der Waals surface area contributed by atoms with Crippen molar-refractivity contribution in [2.24, 2.45) is 5.14 Å². The van der Waals surface area contributed by atoms with Crippen LogP contribution in [0.1, 0.15) is 11.1 Å². The Morgan fingerprint density at radius 2 is 1.22 bits per heavy atom. The third-order valence-corrected chi connectivity index (χ3v) is 3.02. The molecule has 0 radical (unpaired) electrons. The van der Waals surface area contributed by atoms with Gasteiger partial charge in [0.15, 0.2) is 0 Å². The van der Waals surface area contributed by atoms with E-state index in [-0.39, 0.29) is 0 Å². The summed E-state index contributed by atoms with van der Waals surface area (Å²) in [5.41, 5.74) is 2.23. The lowest BCUT2D eigenvalue weighted by molar-refractivity contribution is 0.606. The fraction of sp³-hybridized carbons (Fsp3) is 0. The maximum absolute atomic E-state index is 11.3. The van der Waals surface area contributed by atoms with Crippen LogP contribution in [-0.2, 0) is 10.0 Å². The number of rotatable bonds is 3. The number of hydrogen-bond donors (Lipinski definition) is 1. The Hall–Kier alpha value is -1.91. The minimum absolute atomic E-state index is 0.596. The van der Waals surface area contributed by atoms with Gasteiger partial charge in [-0.05, 0) is 11.1 Å². The van der Waals surface area contributed by atoms with Crippen molar-refractivity contribution in [3.8, 4) is 0 Å². The molecule has 92 valence electrons. The lowest BCUT2D eigenvalue weighted by Gasteiger charge is -2.07. The third kappa shape index (κ3) is 3.29. The van der Waals surface area contributed by atoms with Crippen molar-refractivity contribution >= 4 is 15.6 Å². The molecular weight excluding hydrogens is 246 g/mol. The first-order chi connectivity index (χ1) is 8.56. The molecule has 0 unspecified atom stereocenters. The largest absolute Gasteiger partial charge is 0.231 e. The van der Waals surface area contributed by atoms with Gasteiger partial charge in [-0.15, -0.1) is 0 Å². The zero-order chi connectivity index (χ0) is 13.0. The minimum atomic E-state index is -3.68. The van der Waals surface area contributed by atoms with Crippen molar-refractivity contribution in [2.75, 3.05) is 0 Å². The monoisotopic (exact) mass is 259 g/mol. The number of benzene rings is 2. The summed E-state index contributed by atoms with van der Waals surface area (Å²) < 4.78 is 22.6. The van der Waals surface area contributed by atoms with Crippen LogP contribution in [-0.4, -0.2) is 8.42 Å². The highest BCUT2D eigenvalue weighted by atomic mass is 32.2. The van der Waals surface area contributed by atoms with E-state index >= 15 is 0 Å². The highest BCUT2D eigenvalue weighted by molar-refractivity contribution is 7.92. The fourth-order valence-electron chi connectivity index (χ4n) is 1.70. The summed E-state index contributed by atoms with van der Waals surface area (Å²) in [6, 6.07) is 18.6. The topological polar surface area (TPSA) is 60.2 Å². The van der Waals surface area contributed by atoms with Gasteiger partial charge in [0.05, 0.1) is 5.41 Å². The van der Waals surface area contributed by atoms with Gasteiger partial charge in [0, 0.05) is 5.57 Å². The van der Waals surface area contributed by atoms with E-state index in [1.165, 1.54) is 0 Å². The summed E-state index contributed by atoms with van der Waals surface area (Å²) in [5.74, 6) is 0. The van der Waals surface area contributed by atoms with Crippen molar-refractivity contribution in [3.05, 3.63) is 77.2 Å². The molecule has 0 spiro atoms. The van der Waals surface area contributed by atoms with Crippen molar-refractivity contribution < 1.29 is 8.42 Å². The van der Waals surface area contributed by atoms with Crippen LogP contribution in [0.15, 0.2) is 66.1 Å². The number of hydrogen-bond acceptors (Lipinski definition) is 2. The van der Waals surface area contributed by atoms with Gasteiger partial charge in [0.25, 0.3) is 0 Å². The molecule has 2 rings (SSSR count). The molecule has 4 heteroatoms. The second kappa shape index (κ2) is 5.16. The van der Waals surface area contributed by atoms with Crippen LogP contribution in [0.5, 0.6) is 0 Å². The molecule has 0 aliphatic carbocycles. The van der Waals surface area contributed by atoms with E-state index in [4.69, 9.17) is 5.14 Å². The first kappa shape index (κ1) is 12.5. The Balaban J connectivity index is 2.60. The molecule has 18 heavy (non-hydrogen) atoms. The highest BCUT2D eigenvalue weighted by Gasteiger charge is 2.08. The zero-order valence-electron chi connectivity index (χ0n) is 9.65. The fourth-order valence-corrected chi connectivity index (χ4v) is 2.30. The predicted molar refractivity (Wildman–Crippen MR) is 73.1 cm³/mol. The normalized spacial score (nSPS) is 10.9. The molecule has 0 saturated carbocycles. The van der Waals surface area contributed by atoms with E-state index in [0.717, 1.165) is 16.5 Å². The molecule has 0 aliphatic rings. The smallest absolute Gasteiger partial charge is 0.225 e. The molecule has 0 bridgehead atoms. The second-order valence-electron chi connectivity index (χ2n) is 3.85. The summed E-state index contributed by atoms with van der Waals surface area (Å²) >= 11 is 0. The molecule has 0 amide bonds. The maximum atomic E-state index is 11.3. The Kier molecular flexibility index (Phi) is 3.60. The van der Waals surface area contributed by atoms with Crippen molar-refractivity contribution in [2.45, 2.75) is 0 Å². The van der Waals surface area contributed by atoms with E-state index in [1.807, 2.05) is 60.7 Å². The van der Waals surface area contributed by atoms with Gasteiger partial charge in [0.2, 0.25) is 10.0 Å². The highest BCUT2D eigenvalue weighted by Crippen LogP contribution is 2.23. The molecule has 0 fully saturated rings. The molecular formula is C14H13NO2S. The zero-order valence-corrected chi connectivity index (χ0v) is 10.5. The van der Waals surface area contributed by atoms with Gasteiger partial charge in [0.1, 0.15) is 0 Å². The summed E-state index contributed by atoms with van der Waals surface area (Å²) in [6.45, 7) is 0. The number of primary sulfonamides is 1. The minimum Gasteiger partial charge on any atom is -0.225 e. The van der Waals surface area contributed by atoms with Gasteiger partial charge in [-0.25, -0.2) is 13.6 Å². The number of sulfonamides is 1. The Bertz CT molecular complexity index is 605. The molecule has 2 aromatic rings. The summed E-state index contributed by atoms with van der Waals surface area (Å²) in [7, 11) is -3.68. The average Bonchev–Trinajstić information content (AvgIpc) is 2.37. The van der Waals surface area contributed by atoms with Gasteiger partial charge < -0.3 is 0 Å². The van der Waals surface area contributed by atoms with E-state index in [9.17, 15) is 8.42 Å². The lowest BCUT2D eigenvalue weighted by atomic mass is 10.00. The SMILES string of the molecule is NS(=O)(=O)C=C(c1ccccc1)c1ccccc1. The van der Waals surface area contributed by atoms with E-state index < -0.39 is 10.0 Å². The van der Waals surface area contributed by atoms with Crippen molar-refractivity contribution in [1.29, 1.82) is 0 Å². The molecule has 2 N–H and O–H groups in total. The first-order valence-electron chi connectivity index (χ1n) is 5.41. The summed E-state index contributed by atoms with van der Waals surface area (Å²) in [5, 5.41) is 6.20. The van der Waals surface area contributed by atoms with Crippen molar-refractivity contribution in [1.82, 2.24) is 0 Å². The molecule has 0 aliphatic heterocycles. The maximum Gasteiger partial charge on any atom is 0.231 e. The first-order valence-corrected chi connectivity index (χ1v) is 7.02. The van der Waals surface area contributed by atoms with E-state index in [1.54, 1.807) is 0 Å². The Morgan fingerprint density at radius 1 is 0.833 bits per heavy atom. The van der Waals surface area contributed by atoms with Crippen LogP contribution in [0, 0.1) is 0 Å². The van der Waals surface area contributed by atoms with Crippen LogP contribution in [0.2, 0.25) is 0 Å². The quantitative estimate of drug-likeness (QED) is 0.919. The summed E-state index contributed by atoms with van der Waals surface area (Å²) in [6.07, 6.45) is 0. The number of nitrogens with two attached hydrogens (primary N) is 1. The van der Waals surface area contributed by atoms with Gasteiger partial charge in [-0.3, -0.25) is 0 Å². The third-order valence-electron chi connectivity index (χ3n) is 2.45. The van der Waals surface area contributed by atoms with Gasteiger partial charge in [-0.1, -0.05) is 60.7 Å². The molecule has 0 saturated heterocycles. The van der Waals surface area contributed by atoms with Crippen LogP contribution >= 0.6 is 0 Å². The molecule has 0 heterocycles. The van der Waals surface area contributed by atoms with Crippen LogP contribution in [0.25, 0.3) is 5.57 Å². The van der Waals surface area contributed by atoms with E-state index in [0.29, 0.717) is 5.57 Å². The molecule has 3 nitrogen and oxygen atoms in total.